The van der Waals surface area contributed by atoms with Crippen LogP contribution in [0.2, 0.25) is 0 Å². The summed E-state index contributed by atoms with van der Waals surface area (Å²) in [6, 6.07) is 4.84. The van der Waals surface area contributed by atoms with Crippen molar-refractivity contribution < 1.29 is 18.3 Å². The highest BCUT2D eigenvalue weighted by molar-refractivity contribution is 7.89. The maximum Gasteiger partial charge on any atom is 0.243 e. The van der Waals surface area contributed by atoms with Gasteiger partial charge in [0.2, 0.25) is 10.0 Å². The highest BCUT2D eigenvalue weighted by Crippen LogP contribution is 2.28. The largest absolute Gasteiger partial charge is 0.399 e. The molecule has 0 bridgehead atoms. The van der Waals surface area contributed by atoms with Crippen molar-refractivity contribution >= 4 is 15.7 Å². The van der Waals surface area contributed by atoms with E-state index in [4.69, 9.17) is 10.5 Å². The zero-order chi connectivity index (χ0) is 15.8. The van der Waals surface area contributed by atoms with Crippen LogP contribution >= 0.6 is 0 Å². The quantitative estimate of drug-likeness (QED) is 0.803. The van der Waals surface area contributed by atoms with Crippen molar-refractivity contribution in [2.24, 2.45) is 0 Å². The smallest absolute Gasteiger partial charge is 0.243 e. The fraction of sp³-hybridized carbons (Fsp3) is 0.571. The van der Waals surface area contributed by atoms with Crippen LogP contribution < -0.4 is 5.73 Å². The summed E-state index contributed by atoms with van der Waals surface area (Å²) in [5.74, 6) is 0. The van der Waals surface area contributed by atoms with Crippen LogP contribution in [0.25, 0.3) is 0 Å². The molecule has 1 aliphatic heterocycles. The molecule has 21 heavy (non-hydrogen) atoms. The molecule has 1 heterocycles. The van der Waals surface area contributed by atoms with Crippen LogP contribution in [0.3, 0.4) is 0 Å². The van der Waals surface area contributed by atoms with Gasteiger partial charge in [-0.05, 0) is 38.5 Å². The molecule has 0 radical (unpaired) electrons. The summed E-state index contributed by atoms with van der Waals surface area (Å²) < 4.78 is 32.7. The number of benzene rings is 1. The van der Waals surface area contributed by atoms with Gasteiger partial charge in [-0.1, -0.05) is 6.07 Å². The molecule has 6 nitrogen and oxygen atoms in total. The van der Waals surface area contributed by atoms with E-state index < -0.39 is 21.7 Å². The van der Waals surface area contributed by atoms with Gasteiger partial charge in [0, 0.05) is 18.8 Å². The molecule has 1 fully saturated rings. The predicted octanol–water partition coefficient (Wildman–Crippen LogP) is 0.738. The average Bonchev–Trinajstić information content (AvgIpc) is 2.39. The van der Waals surface area contributed by atoms with Crippen molar-refractivity contribution in [2.75, 3.05) is 25.4 Å². The van der Waals surface area contributed by atoms with E-state index in [1.165, 1.54) is 10.4 Å². The highest BCUT2D eigenvalue weighted by Gasteiger charge is 2.39. The second-order valence-corrected chi connectivity index (χ2v) is 7.91. The standard InChI is InChI=1S/C14H22N2O4S/c1-10-4-5-11(15)6-13(10)21(18,19)16-7-12(8-17)20-14(2,3)9-16/h4-6,12,17H,7-9,15H2,1-3H3. The molecule has 3 N–H and O–H groups in total. The second-order valence-electron chi connectivity index (χ2n) is 6.00. The Balaban J connectivity index is 2.41. The molecule has 1 saturated heterocycles. The molecule has 1 aromatic rings. The minimum atomic E-state index is -3.67. The van der Waals surface area contributed by atoms with Gasteiger partial charge in [-0.2, -0.15) is 4.31 Å². The third-order valence-electron chi connectivity index (χ3n) is 3.48. The number of aliphatic hydroxyl groups is 1. The molecule has 0 aromatic heterocycles. The zero-order valence-corrected chi connectivity index (χ0v) is 13.4. The second kappa shape index (κ2) is 5.57. The summed E-state index contributed by atoms with van der Waals surface area (Å²) in [6.45, 7) is 5.51. The van der Waals surface area contributed by atoms with Crippen molar-refractivity contribution in [2.45, 2.75) is 37.4 Å². The summed E-state index contributed by atoms with van der Waals surface area (Å²) in [4.78, 5) is 0.205. The Bertz CT molecular complexity index is 628. The molecule has 2 rings (SSSR count). The lowest BCUT2D eigenvalue weighted by Crippen LogP contribution is -2.55. The summed E-state index contributed by atoms with van der Waals surface area (Å²) in [5, 5.41) is 9.31. The van der Waals surface area contributed by atoms with Gasteiger partial charge in [-0.3, -0.25) is 0 Å². The van der Waals surface area contributed by atoms with E-state index in [1.807, 2.05) is 13.8 Å². The van der Waals surface area contributed by atoms with E-state index in [0.717, 1.165) is 0 Å². The molecule has 1 aliphatic rings. The summed E-state index contributed by atoms with van der Waals surface area (Å²) in [7, 11) is -3.67. The third-order valence-corrected chi connectivity index (χ3v) is 5.44. The van der Waals surface area contributed by atoms with Gasteiger partial charge in [-0.25, -0.2) is 8.42 Å². The predicted molar refractivity (Wildman–Crippen MR) is 80.4 cm³/mol. The van der Waals surface area contributed by atoms with Crippen LogP contribution in [0.4, 0.5) is 5.69 Å². The lowest BCUT2D eigenvalue weighted by atomic mass is 10.1. The number of ether oxygens (including phenoxy) is 1. The summed E-state index contributed by atoms with van der Waals surface area (Å²) in [5.41, 5.74) is 6.12. The first-order chi connectivity index (χ1) is 9.65. The molecule has 118 valence electrons. The average molecular weight is 314 g/mol. The van der Waals surface area contributed by atoms with Crippen molar-refractivity contribution in [3.05, 3.63) is 23.8 Å². The van der Waals surface area contributed by atoms with Crippen LogP contribution in [0, 0.1) is 6.92 Å². The number of anilines is 1. The van der Waals surface area contributed by atoms with Crippen LogP contribution in [0.5, 0.6) is 0 Å². The maximum absolute atomic E-state index is 12.8. The number of nitrogens with two attached hydrogens (primary N) is 1. The van der Waals surface area contributed by atoms with Crippen molar-refractivity contribution in [1.82, 2.24) is 4.31 Å². The molecule has 1 aromatic carbocycles. The maximum atomic E-state index is 12.8. The van der Waals surface area contributed by atoms with E-state index in [0.29, 0.717) is 11.3 Å². The Hall–Kier alpha value is -1.15. The molecule has 0 amide bonds. The molecule has 0 spiro atoms. The van der Waals surface area contributed by atoms with Gasteiger partial charge < -0.3 is 15.6 Å². The highest BCUT2D eigenvalue weighted by atomic mass is 32.2. The molecule has 1 unspecified atom stereocenters. The van der Waals surface area contributed by atoms with Crippen molar-refractivity contribution in [3.8, 4) is 0 Å². The molecular weight excluding hydrogens is 292 g/mol. The Labute approximate surface area is 125 Å². The van der Waals surface area contributed by atoms with Crippen LogP contribution in [-0.2, 0) is 14.8 Å². The minimum absolute atomic E-state index is 0.135. The van der Waals surface area contributed by atoms with Crippen molar-refractivity contribution in [1.29, 1.82) is 0 Å². The number of nitrogens with zero attached hydrogens (tertiary/aromatic N) is 1. The van der Waals surface area contributed by atoms with Gasteiger partial charge in [0.15, 0.2) is 0 Å². The lowest BCUT2D eigenvalue weighted by Gasteiger charge is -2.41. The number of sulfonamides is 1. The number of aliphatic hydroxyl groups excluding tert-OH is 1. The molecule has 1 atom stereocenters. The molecule has 0 saturated carbocycles. The number of rotatable bonds is 3. The van der Waals surface area contributed by atoms with Crippen molar-refractivity contribution in [3.63, 3.8) is 0 Å². The minimum Gasteiger partial charge on any atom is -0.399 e. The van der Waals surface area contributed by atoms with Crippen LogP contribution in [0.15, 0.2) is 23.1 Å². The van der Waals surface area contributed by atoms with E-state index in [2.05, 4.69) is 0 Å². The Morgan fingerprint density at radius 3 is 2.76 bits per heavy atom. The first kappa shape index (κ1) is 16.2. The molecular formula is C14H22N2O4S. The third kappa shape index (κ3) is 3.37. The number of hydrogen-bond donors (Lipinski definition) is 2. The SMILES string of the molecule is Cc1ccc(N)cc1S(=O)(=O)N1CC(CO)OC(C)(C)C1. The zero-order valence-electron chi connectivity index (χ0n) is 12.5. The van der Waals surface area contributed by atoms with E-state index >= 15 is 0 Å². The first-order valence-electron chi connectivity index (χ1n) is 6.81. The van der Waals surface area contributed by atoms with Gasteiger partial charge in [0.05, 0.1) is 23.2 Å². The normalized spacial score (nSPS) is 23.1. The Kier molecular flexibility index (Phi) is 4.30. The monoisotopic (exact) mass is 314 g/mol. The Morgan fingerprint density at radius 2 is 2.14 bits per heavy atom. The summed E-state index contributed by atoms with van der Waals surface area (Å²) >= 11 is 0. The van der Waals surface area contributed by atoms with Gasteiger partial charge >= 0.3 is 0 Å². The number of morpholine rings is 1. The number of hydrogen-bond acceptors (Lipinski definition) is 5. The molecule has 0 aliphatic carbocycles. The number of nitrogen functional groups attached to an aromatic ring is 1. The van der Waals surface area contributed by atoms with Crippen LogP contribution in [0.1, 0.15) is 19.4 Å². The van der Waals surface area contributed by atoms with E-state index in [1.54, 1.807) is 19.1 Å². The van der Waals surface area contributed by atoms with E-state index in [9.17, 15) is 13.5 Å². The fourth-order valence-corrected chi connectivity index (χ4v) is 4.44. The number of aryl methyl sites for hydroxylation is 1. The van der Waals surface area contributed by atoms with Gasteiger partial charge in [0.1, 0.15) is 0 Å². The molecule has 7 heteroatoms. The fourth-order valence-electron chi connectivity index (χ4n) is 2.55. The van der Waals surface area contributed by atoms with Gasteiger partial charge in [-0.15, -0.1) is 0 Å². The Morgan fingerprint density at radius 1 is 1.48 bits per heavy atom. The van der Waals surface area contributed by atoms with Gasteiger partial charge in [0.25, 0.3) is 0 Å². The van der Waals surface area contributed by atoms with Crippen LogP contribution in [-0.4, -0.2) is 49.2 Å². The summed E-state index contributed by atoms with van der Waals surface area (Å²) in [6.07, 6.45) is -0.523. The lowest BCUT2D eigenvalue weighted by molar-refractivity contribution is -0.131. The first-order valence-corrected chi connectivity index (χ1v) is 8.25. The topological polar surface area (TPSA) is 92.9 Å². The van der Waals surface area contributed by atoms with E-state index in [-0.39, 0.29) is 24.6 Å².